The molecule has 0 aliphatic carbocycles. The van der Waals surface area contributed by atoms with E-state index >= 15 is 0 Å². The summed E-state index contributed by atoms with van der Waals surface area (Å²) in [6.07, 6.45) is 2.03. The van der Waals surface area contributed by atoms with Crippen LogP contribution in [0.2, 0.25) is 0 Å². The highest BCUT2D eigenvalue weighted by Gasteiger charge is 2.10. The van der Waals surface area contributed by atoms with Gasteiger partial charge in [0.05, 0.1) is 5.52 Å². The van der Waals surface area contributed by atoms with Crippen LogP contribution in [0.3, 0.4) is 0 Å². The molecule has 0 atom stereocenters. The lowest BCUT2D eigenvalue weighted by Gasteiger charge is -2.09. The van der Waals surface area contributed by atoms with E-state index in [4.69, 9.17) is 0 Å². The van der Waals surface area contributed by atoms with Crippen molar-refractivity contribution in [3.05, 3.63) is 84.1 Å². The van der Waals surface area contributed by atoms with Gasteiger partial charge in [-0.05, 0) is 36.6 Å². The molecule has 3 aromatic carbocycles. The van der Waals surface area contributed by atoms with Gasteiger partial charge in [-0.3, -0.25) is 0 Å². The Morgan fingerprint density at radius 2 is 1.09 bits per heavy atom. The Bertz CT molecular complexity index is 878. The standard InChI is InChI=1S/C22H19N/c1-15-3-7-17(8-4-15)19-11-12-20(22-21(19)13-14-23-22)18-9-5-16(2)6-10-18/h3-14,23H,1-2H3. The predicted molar refractivity (Wildman–Crippen MR) is 98.6 cm³/mol. The van der Waals surface area contributed by atoms with Crippen LogP contribution in [-0.2, 0) is 0 Å². The number of nitrogens with one attached hydrogen (secondary N) is 1. The van der Waals surface area contributed by atoms with Crippen molar-refractivity contribution in [1.82, 2.24) is 4.98 Å². The zero-order valence-electron chi connectivity index (χ0n) is 13.4. The summed E-state index contributed by atoms with van der Waals surface area (Å²) in [4.78, 5) is 3.42. The maximum Gasteiger partial charge on any atom is 0.0539 e. The highest BCUT2D eigenvalue weighted by atomic mass is 14.7. The van der Waals surface area contributed by atoms with Crippen LogP contribution in [0.1, 0.15) is 11.1 Å². The number of aryl methyl sites for hydroxylation is 2. The molecule has 4 aromatic rings. The van der Waals surface area contributed by atoms with Crippen molar-refractivity contribution in [3.63, 3.8) is 0 Å². The Kier molecular flexibility index (Phi) is 3.27. The molecule has 0 radical (unpaired) electrons. The first-order valence-electron chi connectivity index (χ1n) is 7.96. The van der Waals surface area contributed by atoms with Crippen LogP contribution in [0.5, 0.6) is 0 Å². The van der Waals surface area contributed by atoms with Crippen LogP contribution in [0.25, 0.3) is 33.2 Å². The van der Waals surface area contributed by atoms with E-state index in [2.05, 4.69) is 85.6 Å². The molecule has 112 valence electrons. The van der Waals surface area contributed by atoms with Gasteiger partial charge in [0.15, 0.2) is 0 Å². The van der Waals surface area contributed by atoms with Gasteiger partial charge in [0.2, 0.25) is 0 Å². The minimum absolute atomic E-state index is 1.20. The molecule has 23 heavy (non-hydrogen) atoms. The molecule has 4 rings (SSSR count). The summed E-state index contributed by atoms with van der Waals surface area (Å²) in [6.45, 7) is 4.24. The van der Waals surface area contributed by atoms with Gasteiger partial charge in [-0.15, -0.1) is 0 Å². The van der Waals surface area contributed by atoms with E-state index in [1.54, 1.807) is 0 Å². The summed E-state index contributed by atoms with van der Waals surface area (Å²) in [5.74, 6) is 0. The Morgan fingerprint density at radius 1 is 0.565 bits per heavy atom. The summed E-state index contributed by atoms with van der Waals surface area (Å²) in [5.41, 5.74) is 8.81. The van der Waals surface area contributed by atoms with Crippen LogP contribution in [0, 0.1) is 13.8 Å². The van der Waals surface area contributed by atoms with E-state index in [1.165, 1.54) is 44.3 Å². The molecule has 0 saturated heterocycles. The third-order valence-corrected chi connectivity index (χ3v) is 4.45. The number of fused-ring (bicyclic) bond motifs is 1. The molecular formula is C22H19N. The first-order chi connectivity index (χ1) is 11.2. The first kappa shape index (κ1) is 13.8. The topological polar surface area (TPSA) is 15.8 Å². The Balaban J connectivity index is 1.91. The second kappa shape index (κ2) is 5.44. The molecule has 1 heteroatoms. The second-order valence-electron chi connectivity index (χ2n) is 6.16. The lowest BCUT2D eigenvalue weighted by atomic mass is 9.95. The number of H-pyrrole nitrogens is 1. The molecule has 1 aromatic heterocycles. The fourth-order valence-corrected chi connectivity index (χ4v) is 3.12. The molecule has 1 nitrogen and oxygen atoms in total. The molecule has 0 bridgehead atoms. The average Bonchev–Trinajstić information content (AvgIpc) is 3.05. The molecule has 0 saturated carbocycles. The van der Waals surface area contributed by atoms with E-state index in [-0.39, 0.29) is 0 Å². The van der Waals surface area contributed by atoms with Crippen molar-refractivity contribution in [2.75, 3.05) is 0 Å². The van der Waals surface area contributed by atoms with Crippen molar-refractivity contribution in [2.24, 2.45) is 0 Å². The predicted octanol–water partition coefficient (Wildman–Crippen LogP) is 6.12. The van der Waals surface area contributed by atoms with Crippen molar-refractivity contribution >= 4 is 10.9 Å². The molecule has 1 N–H and O–H groups in total. The summed E-state index contributed by atoms with van der Waals surface area (Å²) < 4.78 is 0. The van der Waals surface area contributed by atoms with E-state index in [0.29, 0.717) is 0 Å². The Hall–Kier alpha value is -2.80. The molecule has 1 heterocycles. The van der Waals surface area contributed by atoms with Crippen LogP contribution in [-0.4, -0.2) is 4.98 Å². The third kappa shape index (κ3) is 2.44. The van der Waals surface area contributed by atoms with E-state index in [1.807, 2.05) is 6.20 Å². The number of hydrogen-bond acceptors (Lipinski definition) is 0. The van der Waals surface area contributed by atoms with Gasteiger partial charge < -0.3 is 4.98 Å². The monoisotopic (exact) mass is 297 g/mol. The van der Waals surface area contributed by atoms with E-state index < -0.39 is 0 Å². The minimum atomic E-state index is 1.20. The lowest BCUT2D eigenvalue weighted by molar-refractivity contribution is 1.45. The van der Waals surface area contributed by atoms with Gasteiger partial charge in [0.1, 0.15) is 0 Å². The maximum atomic E-state index is 3.42. The SMILES string of the molecule is Cc1ccc(-c2ccc(-c3ccc(C)cc3)c3[nH]ccc23)cc1. The molecule has 0 aliphatic rings. The zero-order chi connectivity index (χ0) is 15.8. The summed E-state index contributed by atoms with van der Waals surface area (Å²) >= 11 is 0. The third-order valence-electron chi connectivity index (χ3n) is 4.45. The maximum absolute atomic E-state index is 3.42. The molecular weight excluding hydrogens is 278 g/mol. The first-order valence-corrected chi connectivity index (χ1v) is 7.96. The number of benzene rings is 3. The van der Waals surface area contributed by atoms with E-state index in [9.17, 15) is 0 Å². The van der Waals surface area contributed by atoms with Gasteiger partial charge in [0, 0.05) is 17.1 Å². The van der Waals surface area contributed by atoms with Gasteiger partial charge >= 0.3 is 0 Å². The quantitative estimate of drug-likeness (QED) is 0.459. The average molecular weight is 297 g/mol. The van der Waals surface area contributed by atoms with Crippen molar-refractivity contribution in [3.8, 4) is 22.3 Å². The summed E-state index contributed by atoms with van der Waals surface area (Å²) in [7, 11) is 0. The smallest absolute Gasteiger partial charge is 0.0539 e. The summed E-state index contributed by atoms with van der Waals surface area (Å²) in [6, 6.07) is 24.1. The Morgan fingerprint density at radius 3 is 1.70 bits per heavy atom. The second-order valence-corrected chi connectivity index (χ2v) is 6.16. The molecule has 0 unspecified atom stereocenters. The number of rotatable bonds is 2. The lowest BCUT2D eigenvalue weighted by Crippen LogP contribution is -1.85. The highest BCUT2D eigenvalue weighted by Crippen LogP contribution is 2.35. The van der Waals surface area contributed by atoms with Gasteiger partial charge in [-0.2, -0.15) is 0 Å². The molecule has 0 aliphatic heterocycles. The largest absolute Gasteiger partial charge is 0.361 e. The van der Waals surface area contributed by atoms with Crippen molar-refractivity contribution in [2.45, 2.75) is 13.8 Å². The minimum Gasteiger partial charge on any atom is -0.361 e. The highest BCUT2D eigenvalue weighted by molar-refractivity contribution is 6.03. The molecule has 0 spiro atoms. The van der Waals surface area contributed by atoms with Gasteiger partial charge in [-0.1, -0.05) is 71.8 Å². The normalized spacial score (nSPS) is 11.0. The van der Waals surface area contributed by atoms with Crippen LogP contribution in [0.15, 0.2) is 72.9 Å². The molecule has 0 fully saturated rings. The molecule has 0 amide bonds. The van der Waals surface area contributed by atoms with Crippen LogP contribution in [0.4, 0.5) is 0 Å². The number of hydrogen-bond donors (Lipinski definition) is 1. The fraction of sp³-hybridized carbons (Fsp3) is 0.0909. The summed E-state index contributed by atoms with van der Waals surface area (Å²) in [5, 5.41) is 1.27. The number of aromatic amines is 1. The van der Waals surface area contributed by atoms with Crippen molar-refractivity contribution < 1.29 is 0 Å². The van der Waals surface area contributed by atoms with E-state index in [0.717, 1.165) is 0 Å². The van der Waals surface area contributed by atoms with Crippen LogP contribution < -0.4 is 0 Å². The van der Waals surface area contributed by atoms with Crippen molar-refractivity contribution in [1.29, 1.82) is 0 Å². The van der Waals surface area contributed by atoms with Gasteiger partial charge in [-0.25, -0.2) is 0 Å². The zero-order valence-corrected chi connectivity index (χ0v) is 13.4. The Labute approximate surface area is 136 Å². The van der Waals surface area contributed by atoms with Gasteiger partial charge in [0.25, 0.3) is 0 Å². The number of aromatic nitrogens is 1. The fourth-order valence-electron chi connectivity index (χ4n) is 3.12. The van der Waals surface area contributed by atoms with Crippen LogP contribution >= 0.6 is 0 Å².